The van der Waals surface area contributed by atoms with Gasteiger partial charge in [0.2, 0.25) is 0 Å². The fraction of sp³-hybridized carbons (Fsp3) is 0.391. The van der Waals surface area contributed by atoms with Crippen molar-refractivity contribution >= 4 is 15.4 Å². The van der Waals surface area contributed by atoms with Crippen LogP contribution >= 0.6 is 0 Å². The summed E-state index contributed by atoms with van der Waals surface area (Å²) in [5.41, 5.74) is 4.81. The van der Waals surface area contributed by atoms with Crippen LogP contribution < -0.4 is 0 Å². The molecule has 0 aliphatic heterocycles. The molecule has 0 unspecified atom stereocenters. The van der Waals surface area contributed by atoms with Gasteiger partial charge in [-0.25, -0.2) is 12.8 Å². The molecule has 0 bridgehead atoms. The molecular formula is C23H27FO2S. The van der Waals surface area contributed by atoms with Crippen molar-refractivity contribution in [2.45, 2.75) is 45.4 Å². The molecule has 0 heterocycles. The number of halogens is 1. The first-order valence-corrected chi connectivity index (χ1v) is 11.4. The van der Waals surface area contributed by atoms with E-state index < -0.39 is 9.84 Å². The summed E-state index contributed by atoms with van der Waals surface area (Å²) in [4.78, 5) is 0.451. The fourth-order valence-corrected chi connectivity index (χ4v) is 4.76. The summed E-state index contributed by atoms with van der Waals surface area (Å²) in [6, 6.07) is 6.67. The lowest BCUT2D eigenvalue weighted by Gasteiger charge is -2.09. The molecule has 0 aromatic heterocycles. The molecule has 1 spiro atoms. The van der Waals surface area contributed by atoms with Crippen LogP contribution in [-0.2, 0) is 9.84 Å². The van der Waals surface area contributed by atoms with E-state index in [4.69, 9.17) is 0 Å². The number of rotatable bonds is 7. The molecule has 2 aliphatic carbocycles. The first kappa shape index (κ1) is 19.8. The largest absolute Gasteiger partial charge is 0.224 e. The normalized spacial score (nSPS) is 19.7. The molecule has 1 fully saturated rings. The zero-order chi connectivity index (χ0) is 19.7. The number of hydrogen-bond donors (Lipinski definition) is 0. The topological polar surface area (TPSA) is 34.1 Å². The van der Waals surface area contributed by atoms with E-state index in [0.29, 0.717) is 16.7 Å². The highest BCUT2D eigenvalue weighted by Gasteiger charge is 2.48. The standard InChI is InChI=1S/C23H27FO2S/c1-4-6-20(27(3,25)26)12-9-17(5-2)21-15-23(13-14-23)16-22(21)18-7-10-19(24)11-8-18/h5,7-12H,2,4,6,13-16H2,1,3H3/b17-9+,20-12+. The van der Waals surface area contributed by atoms with Crippen LogP contribution in [0.3, 0.4) is 0 Å². The Hall–Kier alpha value is -1.94. The van der Waals surface area contributed by atoms with Gasteiger partial charge in [0.25, 0.3) is 0 Å². The Kier molecular flexibility index (Phi) is 5.57. The molecule has 1 aromatic carbocycles. The molecule has 4 heteroatoms. The highest BCUT2D eigenvalue weighted by molar-refractivity contribution is 7.94. The first-order chi connectivity index (χ1) is 12.8. The quantitative estimate of drug-likeness (QED) is 0.539. The van der Waals surface area contributed by atoms with Gasteiger partial charge < -0.3 is 0 Å². The van der Waals surface area contributed by atoms with Crippen LogP contribution in [0.25, 0.3) is 5.57 Å². The van der Waals surface area contributed by atoms with E-state index in [9.17, 15) is 12.8 Å². The second-order valence-corrected chi connectivity index (χ2v) is 9.87. The Labute approximate surface area is 162 Å². The van der Waals surface area contributed by atoms with E-state index in [1.807, 2.05) is 31.2 Å². The lowest BCUT2D eigenvalue weighted by atomic mass is 9.96. The minimum Gasteiger partial charge on any atom is -0.224 e. The summed E-state index contributed by atoms with van der Waals surface area (Å²) in [5.74, 6) is -0.236. The average Bonchev–Trinajstić information content (AvgIpc) is 3.26. The molecule has 3 rings (SSSR count). The monoisotopic (exact) mass is 386 g/mol. The molecule has 2 aliphatic rings. The third kappa shape index (κ3) is 4.49. The van der Waals surface area contributed by atoms with Crippen molar-refractivity contribution in [3.05, 3.63) is 76.5 Å². The smallest absolute Gasteiger partial charge is 0.171 e. The molecule has 2 nitrogen and oxygen atoms in total. The summed E-state index contributed by atoms with van der Waals surface area (Å²) >= 11 is 0. The summed E-state index contributed by atoms with van der Waals surface area (Å²) < 4.78 is 37.4. The number of hydrogen-bond acceptors (Lipinski definition) is 2. The van der Waals surface area contributed by atoms with Crippen LogP contribution in [0, 0.1) is 11.2 Å². The van der Waals surface area contributed by atoms with Crippen LogP contribution in [-0.4, -0.2) is 14.7 Å². The Morgan fingerprint density at radius 1 is 1.19 bits per heavy atom. The lowest BCUT2D eigenvalue weighted by molar-refractivity contribution is 0.556. The van der Waals surface area contributed by atoms with Crippen molar-refractivity contribution in [1.29, 1.82) is 0 Å². The maximum Gasteiger partial charge on any atom is 0.171 e. The van der Waals surface area contributed by atoms with Crippen molar-refractivity contribution in [2.24, 2.45) is 5.41 Å². The number of sulfone groups is 1. The van der Waals surface area contributed by atoms with Gasteiger partial charge in [0.05, 0.1) is 0 Å². The van der Waals surface area contributed by atoms with E-state index in [2.05, 4.69) is 6.58 Å². The van der Waals surface area contributed by atoms with Gasteiger partial charge in [-0.05, 0) is 78.0 Å². The second-order valence-electron chi connectivity index (χ2n) is 7.80. The highest BCUT2D eigenvalue weighted by atomic mass is 32.2. The second kappa shape index (κ2) is 7.59. The first-order valence-electron chi connectivity index (χ1n) is 9.50. The van der Waals surface area contributed by atoms with Crippen molar-refractivity contribution in [2.75, 3.05) is 6.26 Å². The molecule has 1 saturated carbocycles. The van der Waals surface area contributed by atoms with Gasteiger partial charge in [-0.15, -0.1) is 0 Å². The Morgan fingerprint density at radius 2 is 1.85 bits per heavy atom. The molecule has 0 saturated heterocycles. The maximum absolute atomic E-state index is 13.3. The third-order valence-electron chi connectivity index (χ3n) is 5.61. The van der Waals surface area contributed by atoms with Crippen LogP contribution in [0.5, 0.6) is 0 Å². The number of benzene rings is 1. The summed E-state index contributed by atoms with van der Waals surface area (Å²) in [6.45, 7) is 5.93. The van der Waals surface area contributed by atoms with Crippen LogP contribution in [0.1, 0.15) is 51.0 Å². The predicted octanol–water partition coefficient (Wildman–Crippen LogP) is 5.99. The fourth-order valence-electron chi connectivity index (χ4n) is 3.87. The summed E-state index contributed by atoms with van der Waals surface area (Å²) in [7, 11) is -3.21. The molecule has 0 radical (unpaired) electrons. The minimum absolute atomic E-state index is 0.236. The van der Waals surface area contributed by atoms with Gasteiger partial charge in [0.1, 0.15) is 5.82 Å². The molecule has 1 aromatic rings. The van der Waals surface area contributed by atoms with Crippen LogP contribution in [0.2, 0.25) is 0 Å². The van der Waals surface area contributed by atoms with Crippen LogP contribution in [0.4, 0.5) is 4.39 Å². The summed E-state index contributed by atoms with van der Waals surface area (Å²) in [5, 5.41) is 0. The van der Waals surface area contributed by atoms with Gasteiger partial charge in [-0.2, -0.15) is 0 Å². The van der Waals surface area contributed by atoms with Gasteiger partial charge in [0, 0.05) is 11.2 Å². The van der Waals surface area contributed by atoms with Gasteiger partial charge in [0.15, 0.2) is 9.84 Å². The SMILES string of the molecule is C=C/C(=C\C=C(/CCC)S(C)(=O)=O)C1=C(c2ccc(F)cc2)CC2(CC2)C1. The minimum atomic E-state index is -3.21. The average molecular weight is 387 g/mol. The molecule has 144 valence electrons. The van der Waals surface area contributed by atoms with Crippen molar-refractivity contribution in [3.8, 4) is 0 Å². The Balaban J connectivity index is 2.03. The molecule has 27 heavy (non-hydrogen) atoms. The zero-order valence-electron chi connectivity index (χ0n) is 16.1. The van der Waals surface area contributed by atoms with Crippen molar-refractivity contribution < 1.29 is 12.8 Å². The van der Waals surface area contributed by atoms with E-state index in [1.54, 1.807) is 6.08 Å². The van der Waals surface area contributed by atoms with Crippen molar-refractivity contribution in [3.63, 3.8) is 0 Å². The van der Waals surface area contributed by atoms with Gasteiger partial charge >= 0.3 is 0 Å². The molecule has 0 amide bonds. The Morgan fingerprint density at radius 3 is 2.37 bits per heavy atom. The maximum atomic E-state index is 13.3. The summed E-state index contributed by atoms with van der Waals surface area (Å²) in [6.07, 6.45) is 12.4. The van der Waals surface area contributed by atoms with E-state index >= 15 is 0 Å². The van der Waals surface area contributed by atoms with Gasteiger partial charge in [-0.3, -0.25) is 0 Å². The third-order valence-corrected chi connectivity index (χ3v) is 6.90. The predicted molar refractivity (Wildman–Crippen MR) is 110 cm³/mol. The Bertz CT molecular complexity index is 927. The van der Waals surface area contributed by atoms with Crippen molar-refractivity contribution in [1.82, 2.24) is 0 Å². The lowest BCUT2D eigenvalue weighted by Crippen LogP contribution is -2.00. The molecule has 0 N–H and O–H groups in total. The number of allylic oxidation sites excluding steroid dienone is 7. The van der Waals surface area contributed by atoms with Gasteiger partial charge in [-0.1, -0.05) is 44.2 Å². The van der Waals surface area contributed by atoms with E-state index in [0.717, 1.165) is 30.4 Å². The zero-order valence-corrected chi connectivity index (χ0v) is 16.9. The highest BCUT2D eigenvalue weighted by Crippen LogP contribution is 2.62. The molecule has 0 atom stereocenters. The molecular weight excluding hydrogens is 359 g/mol. The van der Waals surface area contributed by atoms with E-state index in [-0.39, 0.29) is 5.82 Å². The van der Waals surface area contributed by atoms with Crippen LogP contribution in [0.15, 0.2) is 65.1 Å². The van der Waals surface area contributed by atoms with E-state index in [1.165, 1.54) is 42.4 Å².